The summed E-state index contributed by atoms with van der Waals surface area (Å²) < 4.78 is 0. The van der Waals surface area contributed by atoms with Gasteiger partial charge in [0.2, 0.25) is 0 Å². The van der Waals surface area contributed by atoms with Gasteiger partial charge in [-0.1, -0.05) is 13.0 Å². The monoisotopic (exact) mass is 558 g/mol. The number of anilines is 4. The molecule has 0 aliphatic carbocycles. The summed E-state index contributed by atoms with van der Waals surface area (Å²) in [7, 11) is 2.13. The van der Waals surface area contributed by atoms with E-state index in [1.165, 1.54) is 11.3 Å². The topological polar surface area (TPSA) is 129 Å². The molecule has 0 bridgehead atoms. The molecule has 40 heavy (non-hydrogen) atoms. The minimum atomic E-state index is -0.252. The number of benzene rings is 1. The van der Waals surface area contributed by atoms with Crippen LogP contribution in [0.5, 0.6) is 0 Å². The second kappa shape index (κ2) is 12.5. The van der Waals surface area contributed by atoms with Crippen LogP contribution < -0.4 is 16.0 Å². The number of thiazole rings is 1. The Kier molecular flexibility index (Phi) is 8.58. The molecule has 0 radical (unpaired) electrons. The molecular formula is C28H34N10OS. The van der Waals surface area contributed by atoms with E-state index < -0.39 is 0 Å². The van der Waals surface area contributed by atoms with Crippen molar-refractivity contribution in [1.82, 2.24) is 34.7 Å². The lowest BCUT2D eigenvalue weighted by atomic mass is 10.1. The maximum atomic E-state index is 13.0. The third-order valence-corrected chi connectivity index (χ3v) is 7.63. The van der Waals surface area contributed by atoms with Gasteiger partial charge in [0.15, 0.2) is 11.0 Å². The summed E-state index contributed by atoms with van der Waals surface area (Å²) in [5.41, 5.74) is 9.65. The number of nitrogen functional groups attached to an aromatic ring is 1. The average molecular weight is 559 g/mol. The second-order valence-electron chi connectivity index (χ2n) is 9.89. The van der Waals surface area contributed by atoms with E-state index in [4.69, 9.17) is 10.7 Å². The van der Waals surface area contributed by atoms with Crippen LogP contribution in [0, 0.1) is 6.92 Å². The number of piperazine rings is 1. The number of rotatable bonds is 9. The fourth-order valence-electron chi connectivity index (χ4n) is 4.47. The van der Waals surface area contributed by atoms with Crippen LogP contribution in [-0.2, 0) is 6.54 Å². The van der Waals surface area contributed by atoms with E-state index in [0.717, 1.165) is 61.4 Å². The zero-order valence-corrected chi connectivity index (χ0v) is 23.9. The summed E-state index contributed by atoms with van der Waals surface area (Å²) in [6.07, 6.45) is 5.74. The minimum Gasteiger partial charge on any atom is -0.384 e. The summed E-state index contributed by atoms with van der Waals surface area (Å²) in [4.78, 5) is 42.2. The largest absolute Gasteiger partial charge is 0.384 e. The minimum absolute atomic E-state index is 0.252. The molecule has 0 atom stereocenters. The molecule has 1 aliphatic heterocycles. The summed E-state index contributed by atoms with van der Waals surface area (Å²) in [6, 6.07) is 7.53. The maximum Gasteiger partial charge on any atom is 0.258 e. The van der Waals surface area contributed by atoms with Crippen molar-refractivity contribution in [2.45, 2.75) is 26.8 Å². The summed E-state index contributed by atoms with van der Waals surface area (Å²) in [5.74, 6) is 1.37. The molecule has 12 heteroatoms. The fourth-order valence-corrected chi connectivity index (χ4v) is 5.31. The molecular weight excluding hydrogens is 524 g/mol. The Hall–Kier alpha value is -4.00. The number of aryl methyl sites for hydroxylation is 1. The number of nitrogens with zero attached hydrogens (tertiary/aromatic N) is 8. The van der Waals surface area contributed by atoms with E-state index in [1.807, 2.05) is 30.5 Å². The molecule has 1 amide bonds. The smallest absolute Gasteiger partial charge is 0.258 e. The quantitative estimate of drug-likeness (QED) is 0.313. The van der Waals surface area contributed by atoms with E-state index in [0.29, 0.717) is 35.1 Å². The van der Waals surface area contributed by atoms with Gasteiger partial charge in [0.25, 0.3) is 5.91 Å². The van der Waals surface area contributed by atoms with Gasteiger partial charge in [-0.2, -0.15) is 0 Å². The zero-order chi connectivity index (χ0) is 28.1. The molecule has 0 unspecified atom stereocenters. The Balaban J connectivity index is 1.30. The number of hydrogen-bond donors (Lipinski definition) is 2. The zero-order valence-electron chi connectivity index (χ0n) is 23.0. The Morgan fingerprint density at radius 3 is 2.60 bits per heavy atom. The summed E-state index contributed by atoms with van der Waals surface area (Å²) >= 11 is 1.52. The summed E-state index contributed by atoms with van der Waals surface area (Å²) in [6.45, 7) is 9.67. The van der Waals surface area contributed by atoms with Crippen molar-refractivity contribution < 1.29 is 4.79 Å². The second-order valence-corrected chi connectivity index (χ2v) is 10.7. The first kappa shape index (κ1) is 27.6. The van der Waals surface area contributed by atoms with Crippen LogP contribution in [0.1, 0.15) is 35.1 Å². The van der Waals surface area contributed by atoms with Crippen LogP contribution in [0.3, 0.4) is 0 Å². The van der Waals surface area contributed by atoms with E-state index >= 15 is 0 Å². The fraction of sp³-hybridized carbons (Fsp3) is 0.357. The number of likely N-dealkylation sites (N-methyl/N-ethyl adjacent to an activating group) is 1. The highest BCUT2D eigenvalue weighted by molar-refractivity contribution is 7.14. The molecule has 1 aromatic carbocycles. The number of carbonyl (C=O) groups excluding carboxylic acids is 1. The molecule has 5 rings (SSSR count). The highest BCUT2D eigenvalue weighted by Crippen LogP contribution is 2.35. The van der Waals surface area contributed by atoms with Crippen molar-refractivity contribution in [3.63, 3.8) is 0 Å². The van der Waals surface area contributed by atoms with E-state index in [-0.39, 0.29) is 5.91 Å². The van der Waals surface area contributed by atoms with Crippen molar-refractivity contribution in [2.24, 2.45) is 0 Å². The number of nitrogens with two attached hydrogens (primary N) is 1. The third kappa shape index (κ3) is 6.58. The highest BCUT2D eigenvalue weighted by atomic mass is 32.1. The number of amides is 1. The van der Waals surface area contributed by atoms with Gasteiger partial charge < -0.3 is 20.9 Å². The van der Waals surface area contributed by atoms with Gasteiger partial charge in [-0.15, -0.1) is 11.3 Å². The van der Waals surface area contributed by atoms with Gasteiger partial charge in [0.1, 0.15) is 17.3 Å². The molecule has 4 aromatic rings. The van der Waals surface area contributed by atoms with Crippen LogP contribution >= 0.6 is 11.3 Å². The number of nitrogens with one attached hydrogen (secondary N) is 1. The van der Waals surface area contributed by atoms with Gasteiger partial charge in [0.05, 0.1) is 12.1 Å². The van der Waals surface area contributed by atoms with Crippen molar-refractivity contribution in [3.05, 3.63) is 65.2 Å². The van der Waals surface area contributed by atoms with Crippen LogP contribution in [0.15, 0.2) is 48.2 Å². The first-order valence-corrected chi connectivity index (χ1v) is 14.2. The van der Waals surface area contributed by atoms with Crippen molar-refractivity contribution in [3.8, 4) is 11.5 Å². The van der Waals surface area contributed by atoms with Crippen LogP contribution in [0.25, 0.3) is 11.5 Å². The van der Waals surface area contributed by atoms with E-state index in [2.05, 4.69) is 53.9 Å². The van der Waals surface area contributed by atoms with Gasteiger partial charge in [0, 0.05) is 68.1 Å². The molecule has 0 spiro atoms. The molecule has 3 N–H and O–H groups in total. The SMILES string of the molecule is CCCN(c1nc(-c2nccc(N)n2)cs1)c1cc(NC(=O)c2cnc(CN3CCN(C)CC3)nc2)ccc1C. The number of aromatic nitrogens is 5. The molecule has 1 saturated heterocycles. The standard InChI is InChI=1S/C28H34N10OS/c1-4-9-38(28-34-22(18-40-28)26-30-8-7-24(29)35-26)23-14-21(6-5-19(23)2)33-27(39)20-15-31-25(32-16-20)17-37-12-10-36(3)11-13-37/h5-8,14-16,18H,4,9-13,17H2,1-3H3,(H,33,39)(H2,29,30,35). The first-order valence-electron chi connectivity index (χ1n) is 13.4. The predicted octanol–water partition coefficient (Wildman–Crippen LogP) is 3.83. The third-order valence-electron chi connectivity index (χ3n) is 6.76. The van der Waals surface area contributed by atoms with E-state index in [1.54, 1.807) is 24.7 Å². The lowest BCUT2D eigenvalue weighted by molar-refractivity contribution is 0.102. The van der Waals surface area contributed by atoms with Crippen molar-refractivity contribution >= 4 is 39.6 Å². The van der Waals surface area contributed by atoms with Crippen LogP contribution in [-0.4, -0.2) is 80.4 Å². The highest BCUT2D eigenvalue weighted by Gasteiger charge is 2.19. The number of hydrogen-bond acceptors (Lipinski definition) is 11. The Morgan fingerprint density at radius 2 is 1.88 bits per heavy atom. The molecule has 11 nitrogen and oxygen atoms in total. The van der Waals surface area contributed by atoms with Crippen molar-refractivity contribution in [1.29, 1.82) is 0 Å². The van der Waals surface area contributed by atoms with Crippen LogP contribution in [0.4, 0.5) is 22.3 Å². The van der Waals surface area contributed by atoms with Gasteiger partial charge >= 0.3 is 0 Å². The first-order chi connectivity index (χ1) is 19.4. The predicted molar refractivity (Wildman–Crippen MR) is 159 cm³/mol. The van der Waals surface area contributed by atoms with Gasteiger partial charge in [-0.25, -0.2) is 24.9 Å². The summed E-state index contributed by atoms with van der Waals surface area (Å²) in [5, 5.41) is 5.75. The molecule has 1 aliphatic rings. The lowest BCUT2D eigenvalue weighted by Crippen LogP contribution is -2.44. The maximum absolute atomic E-state index is 13.0. The molecule has 208 valence electrons. The van der Waals surface area contributed by atoms with Gasteiger partial charge in [-0.3, -0.25) is 9.69 Å². The molecule has 1 fully saturated rings. The normalized spacial score (nSPS) is 14.3. The van der Waals surface area contributed by atoms with Crippen molar-refractivity contribution in [2.75, 3.05) is 55.7 Å². The lowest BCUT2D eigenvalue weighted by Gasteiger charge is -2.31. The van der Waals surface area contributed by atoms with E-state index in [9.17, 15) is 4.79 Å². The van der Waals surface area contributed by atoms with Gasteiger partial charge in [-0.05, 0) is 44.2 Å². The average Bonchev–Trinajstić information content (AvgIpc) is 3.45. The molecule has 4 heterocycles. The number of carbonyl (C=O) groups is 1. The molecule has 3 aromatic heterocycles. The Bertz CT molecular complexity index is 1450. The Morgan fingerprint density at radius 1 is 1.10 bits per heavy atom. The Labute approximate surface area is 238 Å². The molecule has 0 saturated carbocycles. The van der Waals surface area contributed by atoms with Crippen LogP contribution in [0.2, 0.25) is 0 Å².